The molecule has 2 aromatic carbocycles. The highest BCUT2D eigenvalue weighted by Crippen LogP contribution is 2.42. The Morgan fingerprint density at radius 2 is 1.93 bits per heavy atom. The second kappa shape index (κ2) is 6.95. The van der Waals surface area contributed by atoms with Crippen molar-refractivity contribution in [3.05, 3.63) is 59.4 Å². The predicted octanol–water partition coefficient (Wildman–Crippen LogP) is 5.39. The lowest BCUT2D eigenvalue weighted by Gasteiger charge is -2.16. The van der Waals surface area contributed by atoms with Crippen LogP contribution in [0.3, 0.4) is 0 Å². The molecule has 0 fully saturated rings. The second-order valence-corrected chi connectivity index (χ2v) is 7.25. The van der Waals surface area contributed by atoms with E-state index in [9.17, 15) is 9.18 Å². The summed E-state index contributed by atoms with van der Waals surface area (Å²) in [6.07, 6.45) is -1.24. The Kier molecular flexibility index (Phi) is 4.56. The number of aliphatic carboxylic acids is 1. The van der Waals surface area contributed by atoms with Crippen molar-refractivity contribution in [1.29, 1.82) is 0 Å². The first-order valence-electron chi connectivity index (χ1n) is 9.11. The van der Waals surface area contributed by atoms with Crippen LogP contribution in [0, 0.1) is 11.6 Å². The summed E-state index contributed by atoms with van der Waals surface area (Å²) < 4.78 is 45.8. The molecule has 5 nitrogen and oxygen atoms in total. The third kappa shape index (κ3) is 3.04. The number of nitrogens with one attached hydrogen (secondary N) is 1. The molecule has 0 aliphatic rings. The largest absolute Gasteiger partial charge is 0.481 e. The zero-order chi connectivity index (χ0) is 20.9. The smallest absolute Gasteiger partial charge is 0.306 e. The van der Waals surface area contributed by atoms with Crippen LogP contribution in [0.1, 0.15) is 43.6 Å². The molecule has 2 heterocycles. The number of aromatic amines is 1. The van der Waals surface area contributed by atoms with E-state index in [1.807, 2.05) is 13.8 Å². The molecular weight excluding hydrogens is 383 g/mol. The van der Waals surface area contributed by atoms with Gasteiger partial charge in [-0.25, -0.2) is 13.2 Å². The molecule has 0 spiro atoms. The van der Waals surface area contributed by atoms with E-state index in [0.29, 0.717) is 22.3 Å². The molecule has 4 aromatic rings. The van der Waals surface area contributed by atoms with Crippen molar-refractivity contribution in [3.63, 3.8) is 0 Å². The molecule has 150 valence electrons. The molecule has 8 heteroatoms. The van der Waals surface area contributed by atoms with Gasteiger partial charge in [0.2, 0.25) is 0 Å². The molecule has 29 heavy (non-hydrogen) atoms. The molecule has 2 aromatic heterocycles. The van der Waals surface area contributed by atoms with Crippen LogP contribution in [0.25, 0.3) is 27.5 Å². The summed E-state index contributed by atoms with van der Waals surface area (Å²) in [7, 11) is 0. The monoisotopic (exact) mass is 401 g/mol. The molecule has 0 saturated carbocycles. The molecule has 2 N–H and O–H groups in total. The van der Waals surface area contributed by atoms with Gasteiger partial charge in [-0.2, -0.15) is 5.10 Å². The summed E-state index contributed by atoms with van der Waals surface area (Å²) in [6.45, 7) is 3.63. The van der Waals surface area contributed by atoms with Gasteiger partial charge >= 0.3 is 5.97 Å². The highest BCUT2D eigenvalue weighted by molar-refractivity contribution is 5.99. The average Bonchev–Trinajstić information content (AvgIpc) is 3.25. The van der Waals surface area contributed by atoms with E-state index < -0.39 is 30.2 Å². The molecular formula is C21H18F3N3O2. The van der Waals surface area contributed by atoms with Gasteiger partial charge in [0.1, 0.15) is 17.5 Å². The van der Waals surface area contributed by atoms with Crippen LogP contribution in [0.4, 0.5) is 13.2 Å². The topological polar surface area (TPSA) is 70.9 Å². The first kappa shape index (κ1) is 19.0. The quantitative estimate of drug-likeness (QED) is 0.471. The highest BCUT2D eigenvalue weighted by Gasteiger charge is 2.30. The van der Waals surface area contributed by atoms with Gasteiger partial charge in [0.25, 0.3) is 0 Å². The number of carboxylic acid groups (broad SMARTS) is 1. The van der Waals surface area contributed by atoms with Crippen LogP contribution < -0.4 is 0 Å². The number of halogens is 3. The van der Waals surface area contributed by atoms with Crippen molar-refractivity contribution >= 4 is 27.8 Å². The fourth-order valence-corrected chi connectivity index (χ4v) is 3.86. The van der Waals surface area contributed by atoms with Crippen molar-refractivity contribution in [2.24, 2.45) is 0 Å². The number of hydrogen-bond acceptors (Lipinski definition) is 2. The number of hydrogen-bond donors (Lipinski definition) is 2. The summed E-state index contributed by atoms with van der Waals surface area (Å²) >= 11 is 0. The lowest BCUT2D eigenvalue weighted by atomic mass is 9.97. The maximum Gasteiger partial charge on any atom is 0.306 e. The summed E-state index contributed by atoms with van der Waals surface area (Å²) in [6, 6.07) is 7.24. The van der Waals surface area contributed by atoms with Crippen LogP contribution in [0.15, 0.2) is 36.5 Å². The predicted molar refractivity (Wildman–Crippen MR) is 103 cm³/mol. The third-order valence-electron chi connectivity index (χ3n) is 4.98. The van der Waals surface area contributed by atoms with Gasteiger partial charge in [0.05, 0.1) is 18.1 Å². The van der Waals surface area contributed by atoms with Crippen molar-refractivity contribution in [2.75, 3.05) is 0 Å². The number of aromatic nitrogens is 3. The summed E-state index contributed by atoms with van der Waals surface area (Å²) in [5.74, 6) is -2.71. The lowest BCUT2D eigenvalue weighted by molar-refractivity contribution is -0.138. The maximum atomic E-state index is 15.4. The first-order chi connectivity index (χ1) is 13.8. The third-order valence-corrected chi connectivity index (χ3v) is 4.98. The van der Waals surface area contributed by atoms with Crippen LogP contribution in [0.5, 0.6) is 0 Å². The minimum absolute atomic E-state index is 0.00326. The molecule has 0 radical (unpaired) electrons. The number of alkyl halides is 1. The fourth-order valence-electron chi connectivity index (χ4n) is 3.86. The van der Waals surface area contributed by atoms with E-state index in [0.717, 1.165) is 0 Å². The first-order valence-corrected chi connectivity index (χ1v) is 9.11. The fraction of sp³-hybridized carbons (Fsp3) is 0.238. The van der Waals surface area contributed by atoms with Gasteiger partial charge in [0.15, 0.2) is 5.82 Å². The van der Waals surface area contributed by atoms with E-state index in [1.54, 1.807) is 10.6 Å². The standard InChI is InChI=1S/C21H18F3N3O2/c1-10(2)21-17(14(23)8-16(28)29)18-15(7-11-9-25-26-20(11)19(18)24)27(21)13-5-3-12(22)4-6-13/h3-7,9-10,14H,8H2,1-2H3,(H,25,26)(H,28,29)/t14-/m1/s1. The van der Waals surface area contributed by atoms with Gasteiger partial charge in [-0.1, -0.05) is 13.8 Å². The number of carbonyl (C=O) groups is 1. The van der Waals surface area contributed by atoms with Gasteiger partial charge in [-0.15, -0.1) is 0 Å². The Balaban J connectivity index is 2.17. The number of H-pyrrole nitrogens is 1. The number of rotatable bonds is 5. The van der Waals surface area contributed by atoms with Crippen molar-refractivity contribution in [3.8, 4) is 5.69 Å². The molecule has 0 bridgehead atoms. The summed E-state index contributed by atoms with van der Waals surface area (Å²) in [4.78, 5) is 11.2. The van der Waals surface area contributed by atoms with E-state index >= 15 is 8.78 Å². The molecule has 0 aliphatic carbocycles. The molecule has 0 saturated heterocycles. The Bertz CT molecular complexity index is 1230. The van der Waals surface area contributed by atoms with Crippen LogP contribution in [-0.4, -0.2) is 25.8 Å². The van der Waals surface area contributed by atoms with Crippen molar-refractivity contribution in [1.82, 2.24) is 14.8 Å². The number of carboxylic acids is 1. The number of fused-ring (bicyclic) bond motifs is 2. The molecule has 0 aliphatic heterocycles. The maximum absolute atomic E-state index is 15.4. The Morgan fingerprint density at radius 3 is 2.55 bits per heavy atom. The van der Waals surface area contributed by atoms with Gasteiger partial charge in [0, 0.05) is 27.7 Å². The van der Waals surface area contributed by atoms with E-state index in [4.69, 9.17) is 5.11 Å². The molecule has 0 amide bonds. The summed E-state index contributed by atoms with van der Waals surface area (Å²) in [5.41, 5.74) is 1.45. The number of nitrogens with zero attached hydrogens (tertiary/aromatic N) is 2. The van der Waals surface area contributed by atoms with Crippen LogP contribution in [-0.2, 0) is 4.79 Å². The van der Waals surface area contributed by atoms with Gasteiger partial charge in [-0.05, 0) is 36.2 Å². The SMILES string of the molecule is CC(C)c1c([C@H](F)CC(=O)O)c2c(F)c3[nH]ncc3cc2n1-c1ccc(F)cc1. The minimum atomic E-state index is -1.91. The Hall–Kier alpha value is -3.29. The van der Waals surface area contributed by atoms with Crippen molar-refractivity contribution < 1.29 is 23.1 Å². The Labute approximate surface area is 163 Å². The minimum Gasteiger partial charge on any atom is -0.481 e. The van der Waals surface area contributed by atoms with Gasteiger partial charge in [-0.3, -0.25) is 9.89 Å². The van der Waals surface area contributed by atoms with E-state index in [1.165, 1.54) is 30.5 Å². The normalized spacial score (nSPS) is 12.9. The number of benzene rings is 2. The van der Waals surface area contributed by atoms with Crippen LogP contribution in [0.2, 0.25) is 0 Å². The highest BCUT2D eigenvalue weighted by atomic mass is 19.1. The van der Waals surface area contributed by atoms with E-state index in [-0.39, 0.29) is 22.4 Å². The Morgan fingerprint density at radius 1 is 1.24 bits per heavy atom. The second-order valence-electron chi connectivity index (χ2n) is 7.25. The molecule has 0 unspecified atom stereocenters. The van der Waals surface area contributed by atoms with Gasteiger partial charge < -0.3 is 9.67 Å². The summed E-state index contributed by atoms with van der Waals surface area (Å²) in [5, 5.41) is 16.0. The van der Waals surface area contributed by atoms with E-state index in [2.05, 4.69) is 10.2 Å². The van der Waals surface area contributed by atoms with Crippen molar-refractivity contribution in [2.45, 2.75) is 32.4 Å². The molecule has 4 rings (SSSR count). The zero-order valence-electron chi connectivity index (χ0n) is 15.7. The lowest BCUT2D eigenvalue weighted by Crippen LogP contribution is -2.08. The zero-order valence-corrected chi connectivity index (χ0v) is 15.7. The molecule has 1 atom stereocenters. The average molecular weight is 401 g/mol. The van der Waals surface area contributed by atoms with Crippen LogP contribution >= 0.6 is 0 Å².